The second-order valence-electron chi connectivity index (χ2n) is 4.92. The minimum Gasteiger partial charge on any atom is -0.305 e. The van der Waals surface area contributed by atoms with E-state index in [0.717, 1.165) is 17.0 Å². The summed E-state index contributed by atoms with van der Waals surface area (Å²) in [5, 5.41) is 0.594. The smallest absolute Gasteiger partial charge is 0.160 e. The molecule has 21 heavy (non-hydrogen) atoms. The molecular formula is C16H15Cl2N3. The summed E-state index contributed by atoms with van der Waals surface area (Å²) in [7, 11) is 0. The first-order valence-electron chi connectivity index (χ1n) is 6.84. The maximum absolute atomic E-state index is 6.02. The normalized spacial score (nSPS) is 12.7. The number of pyridine rings is 1. The third-order valence-corrected chi connectivity index (χ3v) is 3.95. The molecule has 2 heterocycles. The zero-order valence-electron chi connectivity index (χ0n) is 11.6. The van der Waals surface area contributed by atoms with Crippen molar-refractivity contribution in [2.45, 2.75) is 19.4 Å². The number of hydrogen-bond donors (Lipinski definition) is 0. The SMILES string of the molecule is CC(c1ccccc1)n1c(CCCl)nc2cc(Cl)cnc21. The number of halogens is 2. The van der Waals surface area contributed by atoms with Crippen molar-refractivity contribution in [1.82, 2.24) is 14.5 Å². The standard InChI is InChI=1S/C16H15Cl2N3/c1-11(12-5-3-2-4-6-12)21-15(7-8-17)20-14-9-13(18)10-19-16(14)21/h2-6,9-11H,7-8H2,1H3. The molecule has 3 aromatic rings. The van der Waals surface area contributed by atoms with Crippen LogP contribution in [0.15, 0.2) is 42.6 Å². The van der Waals surface area contributed by atoms with Crippen molar-refractivity contribution in [1.29, 1.82) is 0 Å². The number of hydrogen-bond acceptors (Lipinski definition) is 2. The van der Waals surface area contributed by atoms with Crippen LogP contribution in [0.4, 0.5) is 0 Å². The van der Waals surface area contributed by atoms with Gasteiger partial charge in [0.15, 0.2) is 5.65 Å². The second kappa shape index (κ2) is 6.04. The molecule has 0 N–H and O–H groups in total. The van der Waals surface area contributed by atoms with Gasteiger partial charge in [0.05, 0.1) is 11.1 Å². The van der Waals surface area contributed by atoms with Crippen LogP contribution >= 0.6 is 23.2 Å². The van der Waals surface area contributed by atoms with Gasteiger partial charge in [-0.05, 0) is 18.6 Å². The first kappa shape index (κ1) is 14.4. The van der Waals surface area contributed by atoms with E-state index in [2.05, 4.69) is 33.6 Å². The fourth-order valence-electron chi connectivity index (χ4n) is 2.55. The van der Waals surface area contributed by atoms with Crippen LogP contribution in [0.5, 0.6) is 0 Å². The molecule has 108 valence electrons. The lowest BCUT2D eigenvalue weighted by Crippen LogP contribution is -2.11. The lowest BCUT2D eigenvalue weighted by Gasteiger charge is -2.17. The zero-order chi connectivity index (χ0) is 14.8. The topological polar surface area (TPSA) is 30.7 Å². The summed E-state index contributed by atoms with van der Waals surface area (Å²) >= 11 is 11.9. The first-order chi connectivity index (χ1) is 10.2. The number of aromatic nitrogens is 3. The summed E-state index contributed by atoms with van der Waals surface area (Å²) < 4.78 is 2.14. The van der Waals surface area contributed by atoms with Gasteiger partial charge in [-0.1, -0.05) is 41.9 Å². The third-order valence-electron chi connectivity index (χ3n) is 3.56. The van der Waals surface area contributed by atoms with Crippen LogP contribution in [0.25, 0.3) is 11.2 Å². The van der Waals surface area contributed by atoms with Gasteiger partial charge in [0.25, 0.3) is 0 Å². The molecule has 2 aromatic heterocycles. The van der Waals surface area contributed by atoms with Gasteiger partial charge in [-0.3, -0.25) is 0 Å². The van der Waals surface area contributed by atoms with Gasteiger partial charge >= 0.3 is 0 Å². The largest absolute Gasteiger partial charge is 0.305 e. The van der Waals surface area contributed by atoms with Crippen LogP contribution in [-0.2, 0) is 6.42 Å². The minimum absolute atomic E-state index is 0.142. The van der Waals surface area contributed by atoms with Crippen molar-refractivity contribution in [3.63, 3.8) is 0 Å². The Balaban J connectivity index is 2.17. The summed E-state index contributed by atoms with van der Waals surface area (Å²) in [5.74, 6) is 1.46. The molecular weight excluding hydrogens is 305 g/mol. The molecule has 0 aliphatic heterocycles. The van der Waals surface area contributed by atoms with E-state index in [-0.39, 0.29) is 6.04 Å². The summed E-state index contributed by atoms with van der Waals surface area (Å²) in [6, 6.07) is 12.3. The predicted molar refractivity (Wildman–Crippen MR) is 87.2 cm³/mol. The number of imidazole rings is 1. The third kappa shape index (κ3) is 2.76. The summed E-state index contributed by atoms with van der Waals surface area (Å²) in [4.78, 5) is 9.10. The Kier molecular flexibility index (Phi) is 4.13. The van der Waals surface area contributed by atoms with Crippen LogP contribution in [0, 0.1) is 0 Å². The van der Waals surface area contributed by atoms with Gasteiger partial charge in [0, 0.05) is 18.5 Å². The Bertz CT molecular complexity index is 753. The zero-order valence-corrected chi connectivity index (χ0v) is 13.1. The molecule has 0 fully saturated rings. The quantitative estimate of drug-likeness (QED) is 0.664. The number of aryl methyl sites for hydroxylation is 1. The number of alkyl halides is 1. The fraction of sp³-hybridized carbons (Fsp3) is 0.250. The Morgan fingerprint density at radius 1 is 1.24 bits per heavy atom. The highest BCUT2D eigenvalue weighted by atomic mass is 35.5. The number of nitrogens with zero attached hydrogens (tertiary/aromatic N) is 3. The molecule has 0 saturated heterocycles. The molecule has 3 rings (SSSR count). The fourth-order valence-corrected chi connectivity index (χ4v) is 2.87. The van der Waals surface area contributed by atoms with E-state index < -0.39 is 0 Å². The second-order valence-corrected chi connectivity index (χ2v) is 5.73. The summed E-state index contributed by atoms with van der Waals surface area (Å²) in [6.07, 6.45) is 2.36. The van der Waals surface area contributed by atoms with Crippen molar-refractivity contribution >= 4 is 34.4 Å². The van der Waals surface area contributed by atoms with Gasteiger partial charge in [-0.2, -0.15) is 0 Å². The van der Waals surface area contributed by atoms with Crippen LogP contribution in [0.1, 0.15) is 24.4 Å². The molecule has 5 heteroatoms. The van der Waals surface area contributed by atoms with E-state index >= 15 is 0 Å². The van der Waals surface area contributed by atoms with Crippen LogP contribution < -0.4 is 0 Å². The molecule has 0 aliphatic carbocycles. The highest BCUT2D eigenvalue weighted by Gasteiger charge is 2.18. The lowest BCUT2D eigenvalue weighted by molar-refractivity contribution is 0.619. The number of fused-ring (bicyclic) bond motifs is 1. The first-order valence-corrected chi connectivity index (χ1v) is 7.75. The Morgan fingerprint density at radius 3 is 2.71 bits per heavy atom. The molecule has 0 bridgehead atoms. The van der Waals surface area contributed by atoms with Gasteiger partial charge in [0.2, 0.25) is 0 Å². The summed E-state index contributed by atoms with van der Waals surface area (Å²) in [5.41, 5.74) is 2.87. The van der Waals surface area contributed by atoms with Crippen molar-refractivity contribution in [2.75, 3.05) is 5.88 Å². The van der Waals surface area contributed by atoms with Gasteiger partial charge in [0.1, 0.15) is 11.3 Å². The van der Waals surface area contributed by atoms with E-state index in [1.807, 2.05) is 24.3 Å². The van der Waals surface area contributed by atoms with E-state index in [0.29, 0.717) is 17.3 Å². The van der Waals surface area contributed by atoms with Crippen molar-refractivity contribution in [3.05, 3.63) is 59.0 Å². The Labute approximate surface area is 133 Å². The average Bonchev–Trinajstić information content (AvgIpc) is 2.85. The van der Waals surface area contributed by atoms with E-state index in [9.17, 15) is 0 Å². The maximum atomic E-state index is 6.02. The molecule has 0 spiro atoms. The molecule has 1 unspecified atom stereocenters. The Morgan fingerprint density at radius 2 is 2.00 bits per heavy atom. The Hall–Kier alpha value is -1.58. The van der Waals surface area contributed by atoms with Crippen LogP contribution in [-0.4, -0.2) is 20.4 Å². The van der Waals surface area contributed by atoms with Gasteiger partial charge in [-0.25, -0.2) is 9.97 Å². The van der Waals surface area contributed by atoms with Crippen molar-refractivity contribution in [2.24, 2.45) is 0 Å². The number of rotatable bonds is 4. The van der Waals surface area contributed by atoms with E-state index in [4.69, 9.17) is 23.2 Å². The summed E-state index contributed by atoms with van der Waals surface area (Å²) in [6.45, 7) is 2.14. The van der Waals surface area contributed by atoms with Crippen LogP contribution in [0.3, 0.4) is 0 Å². The van der Waals surface area contributed by atoms with E-state index in [1.165, 1.54) is 5.56 Å². The molecule has 0 amide bonds. The molecule has 3 nitrogen and oxygen atoms in total. The number of benzene rings is 1. The molecule has 0 aliphatic rings. The molecule has 1 atom stereocenters. The minimum atomic E-state index is 0.142. The highest BCUT2D eigenvalue weighted by molar-refractivity contribution is 6.31. The molecule has 1 aromatic carbocycles. The van der Waals surface area contributed by atoms with Crippen molar-refractivity contribution < 1.29 is 0 Å². The van der Waals surface area contributed by atoms with Gasteiger partial charge < -0.3 is 4.57 Å². The van der Waals surface area contributed by atoms with Gasteiger partial charge in [-0.15, -0.1) is 11.6 Å². The maximum Gasteiger partial charge on any atom is 0.160 e. The van der Waals surface area contributed by atoms with E-state index in [1.54, 1.807) is 6.20 Å². The average molecular weight is 320 g/mol. The highest BCUT2D eigenvalue weighted by Crippen LogP contribution is 2.26. The predicted octanol–water partition coefficient (Wildman–Crippen LogP) is 4.48. The molecule has 0 saturated carbocycles. The lowest BCUT2D eigenvalue weighted by atomic mass is 10.1. The molecule has 0 radical (unpaired) electrons. The van der Waals surface area contributed by atoms with Crippen molar-refractivity contribution in [3.8, 4) is 0 Å². The van der Waals surface area contributed by atoms with Crippen LogP contribution in [0.2, 0.25) is 5.02 Å². The monoisotopic (exact) mass is 319 g/mol.